The summed E-state index contributed by atoms with van der Waals surface area (Å²) in [4.78, 5) is 11.8. The summed E-state index contributed by atoms with van der Waals surface area (Å²) < 4.78 is 4.77. The van der Waals surface area contributed by atoms with Gasteiger partial charge < -0.3 is 15.4 Å². The molecule has 142 valence electrons. The first-order chi connectivity index (χ1) is 12.9. The van der Waals surface area contributed by atoms with Crippen LogP contribution in [0.1, 0.15) is 47.2 Å². The molecule has 0 radical (unpaired) electrons. The summed E-state index contributed by atoms with van der Waals surface area (Å²) in [5.74, 6) is -0.477. The summed E-state index contributed by atoms with van der Waals surface area (Å²) in [5, 5.41) is 7.58. The van der Waals surface area contributed by atoms with E-state index in [9.17, 15) is 4.79 Å². The van der Waals surface area contributed by atoms with E-state index < -0.39 is 5.97 Å². The van der Waals surface area contributed by atoms with Gasteiger partial charge in [0.15, 0.2) is 5.11 Å². The Morgan fingerprint density at radius 3 is 2.59 bits per heavy atom. The normalized spacial score (nSPS) is 15.2. The molecule has 2 N–H and O–H groups in total. The van der Waals surface area contributed by atoms with Gasteiger partial charge in [-0.05, 0) is 55.7 Å². The molecule has 0 amide bonds. The zero-order chi connectivity index (χ0) is 19.4. The van der Waals surface area contributed by atoms with Crippen molar-refractivity contribution in [2.24, 2.45) is 0 Å². The van der Waals surface area contributed by atoms with Crippen molar-refractivity contribution >= 4 is 40.6 Å². The Morgan fingerprint density at radius 1 is 1.19 bits per heavy atom. The van der Waals surface area contributed by atoms with Crippen molar-refractivity contribution < 1.29 is 9.53 Å². The predicted octanol–water partition coefficient (Wildman–Crippen LogP) is 5.19. The number of ether oxygens (including phenoxy) is 1. The summed E-state index contributed by atoms with van der Waals surface area (Å²) in [6, 6.07) is 13.7. The lowest BCUT2D eigenvalue weighted by atomic mass is 9.87. The van der Waals surface area contributed by atoms with Crippen LogP contribution in [0.25, 0.3) is 0 Å². The molecule has 4 nitrogen and oxygen atoms in total. The van der Waals surface area contributed by atoms with Crippen LogP contribution in [0.5, 0.6) is 0 Å². The molecule has 0 aromatic heterocycles. The van der Waals surface area contributed by atoms with Crippen molar-refractivity contribution in [2.45, 2.75) is 38.1 Å². The van der Waals surface area contributed by atoms with Gasteiger partial charge in [-0.3, -0.25) is 0 Å². The van der Waals surface area contributed by atoms with Crippen molar-refractivity contribution in [3.63, 3.8) is 0 Å². The second-order valence-electron chi connectivity index (χ2n) is 6.92. The van der Waals surface area contributed by atoms with E-state index in [2.05, 4.69) is 41.8 Å². The highest BCUT2D eigenvalue weighted by Crippen LogP contribution is 2.39. The third-order valence-corrected chi connectivity index (χ3v) is 5.54. The summed E-state index contributed by atoms with van der Waals surface area (Å²) in [5.41, 5.74) is 3.33. The zero-order valence-electron chi connectivity index (χ0n) is 15.5. The molecule has 0 bridgehead atoms. The first-order valence-corrected chi connectivity index (χ1v) is 9.76. The quantitative estimate of drug-likeness (QED) is 0.544. The Kier molecular flexibility index (Phi) is 6.02. The molecular formula is C21H23ClN2O2S. The molecule has 0 aliphatic heterocycles. The van der Waals surface area contributed by atoms with Crippen LogP contribution in [-0.2, 0) is 10.3 Å². The number of halogens is 1. The Hall–Kier alpha value is -2.11. The number of nitrogens with one attached hydrogen (secondary N) is 2. The average molecular weight is 403 g/mol. The van der Waals surface area contributed by atoms with Gasteiger partial charge in [-0.25, -0.2) is 4.79 Å². The topological polar surface area (TPSA) is 50.4 Å². The SMILES string of the molecule is COC(=O)c1cc(NC(=S)NC2(c3cccc(C)c3)CCCC2)ccc1Cl. The van der Waals surface area contributed by atoms with Crippen molar-refractivity contribution in [3.8, 4) is 0 Å². The number of anilines is 1. The van der Waals surface area contributed by atoms with Crippen molar-refractivity contribution in [3.05, 3.63) is 64.2 Å². The summed E-state index contributed by atoms with van der Waals surface area (Å²) >= 11 is 11.7. The van der Waals surface area contributed by atoms with Crippen LogP contribution in [0.2, 0.25) is 5.02 Å². The first-order valence-electron chi connectivity index (χ1n) is 8.98. The number of aryl methyl sites for hydroxylation is 1. The monoisotopic (exact) mass is 402 g/mol. The van der Waals surface area contributed by atoms with Crippen LogP contribution in [0.15, 0.2) is 42.5 Å². The van der Waals surface area contributed by atoms with Gasteiger partial charge in [-0.1, -0.05) is 54.3 Å². The lowest BCUT2D eigenvalue weighted by Gasteiger charge is -2.33. The fourth-order valence-corrected chi connectivity index (χ4v) is 4.16. The van der Waals surface area contributed by atoms with E-state index >= 15 is 0 Å². The number of methoxy groups -OCH3 is 1. The number of carbonyl (C=O) groups excluding carboxylic acids is 1. The molecule has 0 saturated heterocycles. The number of esters is 1. The van der Waals surface area contributed by atoms with Crippen LogP contribution in [-0.4, -0.2) is 18.2 Å². The molecule has 2 aromatic rings. The molecule has 0 unspecified atom stereocenters. The number of thiocarbonyl (C=S) groups is 1. The zero-order valence-corrected chi connectivity index (χ0v) is 17.0. The first kappa shape index (κ1) is 19.6. The maximum absolute atomic E-state index is 11.8. The van der Waals surface area contributed by atoms with E-state index in [1.807, 2.05) is 0 Å². The lowest BCUT2D eigenvalue weighted by molar-refractivity contribution is 0.0601. The molecule has 2 aromatic carbocycles. The maximum Gasteiger partial charge on any atom is 0.339 e. The molecule has 1 aliphatic carbocycles. The molecule has 3 rings (SSSR count). The van der Waals surface area contributed by atoms with E-state index in [-0.39, 0.29) is 5.54 Å². The summed E-state index contributed by atoms with van der Waals surface area (Å²) in [7, 11) is 1.33. The minimum Gasteiger partial charge on any atom is -0.465 e. The highest BCUT2D eigenvalue weighted by Gasteiger charge is 2.36. The molecule has 6 heteroatoms. The van der Waals surface area contributed by atoms with Crippen LogP contribution >= 0.6 is 23.8 Å². The molecule has 27 heavy (non-hydrogen) atoms. The van der Waals surface area contributed by atoms with Gasteiger partial charge in [-0.15, -0.1) is 0 Å². The third kappa shape index (κ3) is 4.42. The van der Waals surface area contributed by atoms with Gasteiger partial charge in [-0.2, -0.15) is 0 Å². The third-order valence-electron chi connectivity index (χ3n) is 5.01. The Labute approximate surface area is 170 Å². The Balaban J connectivity index is 1.79. The average Bonchev–Trinajstić information content (AvgIpc) is 3.12. The molecule has 1 aliphatic rings. The van der Waals surface area contributed by atoms with E-state index in [1.54, 1.807) is 18.2 Å². The van der Waals surface area contributed by atoms with Gasteiger partial charge in [0.2, 0.25) is 0 Å². The standard InChI is InChI=1S/C21H23ClN2O2S/c1-14-6-5-7-15(12-14)21(10-3-4-11-21)24-20(27)23-16-8-9-18(22)17(13-16)19(25)26-2/h5-9,12-13H,3-4,10-11H2,1-2H3,(H2,23,24,27). The molecular weight excluding hydrogens is 380 g/mol. The van der Waals surface area contributed by atoms with Crippen LogP contribution < -0.4 is 10.6 Å². The fraction of sp³-hybridized carbons (Fsp3) is 0.333. The molecule has 1 saturated carbocycles. The van der Waals surface area contributed by atoms with Gasteiger partial charge in [0.05, 0.1) is 23.2 Å². The molecule has 0 spiro atoms. The minimum atomic E-state index is -0.477. The summed E-state index contributed by atoms with van der Waals surface area (Å²) in [6.07, 6.45) is 4.40. The fourth-order valence-electron chi connectivity index (χ4n) is 3.66. The van der Waals surface area contributed by atoms with Gasteiger partial charge in [0.25, 0.3) is 0 Å². The van der Waals surface area contributed by atoms with Crippen LogP contribution in [0, 0.1) is 6.92 Å². The second-order valence-corrected chi connectivity index (χ2v) is 7.74. The highest BCUT2D eigenvalue weighted by molar-refractivity contribution is 7.80. The largest absolute Gasteiger partial charge is 0.465 e. The van der Waals surface area contributed by atoms with Crippen molar-refractivity contribution in [1.82, 2.24) is 5.32 Å². The smallest absolute Gasteiger partial charge is 0.339 e. The van der Waals surface area contributed by atoms with Gasteiger partial charge in [0, 0.05) is 5.69 Å². The van der Waals surface area contributed by atoms with Crippen molar-refractivity contribution in [1.29, 1.82) is 0 Å². The van der Waals surface area contributed by atoms with Crippen molar-refractivity contribution in [2.75, 3.05) is 12.4 Å². The van der Waals surface area contributed by atoms with E-state index in [0.29, 0.717) is 21.4 Å². The molecule has 1 fully saturated rings. The highest BCUT2D eigenvalue weighted by atomic mass is 35.5. The number of benzene rings is 2. The van der Waals surface area contributed by atoms with Crippen LogP contribution in [0.4, 0.5) is 5.69 Å². The second kappa shape index (κ2) is 8.28. The van der Waals surface area contributed by atoms with E-state index in [0.717, 1.165) is 25.7 Å². The van der Waals surface area contributed by atoms with E-state index in [1.165, 1.54) is 18.2 Å². The van der Waals surface area contributed by atoms with Gasteiger partial charge >= 0.3 is 5.97 Å². The summed E-state index contributed by atoms with van der Waals surface area (Å²) in [6.45, 7) is 2.10. The lowest BCUT2D eigenvalue weighted by Crippen LogP contribution is -2.45. The van der Waals surface area contributed by atoms with Gasteiger partial charge in [0.1, 0.15) is 0 Å². The number of hydrogen-bond donors (Lipinski definition) is 2. The maximum atomic E-state index is 11.8. The number of carbonyl (C=O) groups is 1. The Bertz CT molecular complexity index is 863. The Morgan fingerprint density at radius 2 is 1.93 bits per heavy atom. The number of rotatable bonds is 4. The predicted molar refractivity (Wildman–Crippen MR) is 113 cm³/mol. The molecule has 0 heterocycles. The van der Waals surface area contributed by atoms with E-state index in [4.69, 9.17) is 28.6 Å². The molecule has 0 atom stereocenters. The number of hydrogen-bond acceptors (Lipinski definition) is 3. The van der Waals surface area contributed by atoms with Crippen LogP contribution in [0.3, 0.4) is 0 Å². The minimum absolute atomic E-state index is 0.159.